The smallest absolute Gasteiger partial charge is 0.231 e. The van der Waals surface area contributed by atoms with Crippen LogP contribution in [-0.2, 0) is 6.54 Å². The van der Waals surface area contributed by atoms with Crippen LogP contribution < -0.4 is 14.8 Å². The lowest BCUT2D eigenvalue weighted by atomic mass is 10.1. The van der Waals surface area contributed by atoms with E-state index >= 15 is 0 Å². The van der Waals surface area contributed by atoms with E-state index in [4.69, 9.17) is 9.47 Å². The summed E-state index contributed by atoms with van der Waals surface area (Å²) in [7, 11) is 1.90. The Morgan fingerprint density at radius 1 is 1.39 bits per heavy atom. The van der Waals surface area contributed by atoms with E-state index in [1.807, 2.05) is 25.2 Å². The van der Waals surface area contributed by atoms with Crippen molar-refractivity contribution in [3.05, 3.63) is 28.4 Å². The van der Waals surface area contributed by atoms with Gasteiger partial charge < -0.3 is 14.8 Å². The van der Waals surface area contributed by atoms with Crippen LogP contribution in [0.25, 0.3) is 11.3 Å². The maximum atomic E-state index is 5.37. The molecule has 0 fully saturated rings. The van der Waals surface area contributed by atoms with Crippen molar-refractivity contribution in [3.8, 4) is 22.8 Å². The molecule has 3 rings (SSSR count). The monoisotopic (exact) mass is 309 g/mol. The van der Waals surface area contributed by atoms with Crippen molar-refractivity contribution in [2.24, 2.45) is 0 Å². The second-order valence-corrected chi connectivity index (χ2v) is 4.76. The van der Waals surface area contributed by atoms with Crippen LogP contribution in [0.1, 0.15) is 5.69 Å². The number of aromatic amines is 1. The molecule has 0 atom stereocenters. The average Bonchev–Trinajstić information content (AvgIpc) is 2.97. The minimum atomic E-state index is 0.283. The Bertz CT molecular complexity index is 583. The summed E-state index contributed by atoms with van der Waals surface area (Å²) in [5.74, 6) is 1.54. The number of H-pyrrole nitrogens is 1. The van der Waals surface area contributed by atoms with Crippen LogP contribution in [0.2, 0.25) is 0 Å². The van der Waals surface area contributed by atoms with E-state index in [0.717, 1.165) is 39.5 Å². The van der Waals surface area contributed by atoms with E-state index in [0.29, 0.717) is 0 Å². The third kappa shape index (κ3) is 1.87. The number of ether oxygens (including phenoxy) is 2. The van der Waals surface area contributed by atoms with E-state index in [-0.39, 0.29) is 6.79 Å². The van der Waals surface area contributed by atoms with Crippen LogP contribution in [0.4, 0.5) is 0 Å². The first-order valence-electron chi connectivity index (χ1n) is 5.57. The second kappa shape index (κ2) is 4.62. The number of aromatic nitrogens is 2. The molecular formula is C12H12BrN3O2. The highest BCUT2D eigenvalue weighted by Gasteiger charge is 2.17. The molecule has 2 heterocycles. The summed E-state index contributed by atoms with van der Waals surface area (Å²) in [5.41, 5.74) is 2.88. The van der Waals surface area contributed by atoms with Crippen molar-refractivity contribution < 1.29 is 9.47 Å². The molecule has 0 saturated heterocycles. The molecule has 2 aromatic rings. The highest BCUT2D eigenvalue weighted by Crippen LogP contribution is 2.37. The number of fused-ring (bicyclic) bond motifs is 1. The highest BCUT2D eigenvalue weighted by molar-refractivity contribution is 9.10. The maximum absolute atomic E-state index is 5.37. The predicted octanol–water partition coefficient (Wildman–Crippen LogP) is 2.29. The second-order valence-electron chi connectivity index (χ2n) is 3.96. The minimum Gasteiger partial charge on any atom is -0.454 e. The van der Waals surface area contributed by atoms with Gasteiger partial charge in [-0.2, -0.15) is 5.10 Å². The lowest BCUT2D eigenvalue weighted by Crippen LogP contribution is -2.05. The third-order valence-electron chi connectivity index (χ3n) is 2.78. The molecule has 0 radical (unpaired) electrons. The van der Waals surface area contributed by atoms with E-state index in [1.165, 1.54) is 0 Å². The van der Waals surface area contributed by atoms with Gasteiger partial charge in [0.05, 0.1) is 10.2 Å². The van der Waals surface area contributed by atoms with Crippen molar-refractivity contribution in [2.75, 3.05) is 13.8 Å². The molecule has 5 nitrogen and oxygen atoms in total. The molecular weight excluding hydrogens is 298 g/mol. The Kier molecular flexibility index (Phi) is 2.97. The number of benzene rings is 1. The van der Waals surface area contributed by atoms with Gasteiger partial charge in [0.1, 0.15) is 5.69 Å². The van der Waals surface area contributed by atoms with Crippen molar-refractivity contribution in [2.45, 2.75) is 6.54 Å². The van der Waals surface area contributed by atoms with Crippen LogP contribution in [0, 0.1) is 0 Å². The standard InChI is InChI=1S/C12H12BrN3O2/c1-14-5-8-11(13)12(16-15-8)7-2-3-9-10(4-7)18-6-17-9/h2-4,14H,5-6H2,1H3,(H,15,16). The Morgan fingerprint density at radius 3 is 3.06 bits per heavy atom. The predicted molar refractivity (Wildman–Crippen MR) is 70.6 cm³/mol. The molecule has 0 bridgehead atoms. The summed E-state index contributed by atoms with van der Waals surface area (Å²) in [4.78, 5) is 0. The molecule has 0 amide bonds. The molecule has 0 spiro atoms. The Hall–Kier alpha value is -1.53. The first-order valence-corrected chi connectivity index (χ1v) is 6.36. The quantitative estimate of drug-likeness (QED) is 0.913. The van der Waals surface area contributed by atoms with Crippen LogP contribution in [0.15, 0.2) is 22.7 Å². The van der Waals surface area contributed by atoms with Gasteiger partial charge in [-0.25, -0.2) is 0 Å². The van der Waals surface area contributed by atoms with E-state index in [1.54, 1.807) is 0 Å². The fourth-order valence-corrected chi connectivity index (χ4v) is 2.44. The maximum Gasteiger partial charge on any atom is 0.231 e. The largest absolute Gasteiger partial charge is 0.454 e. The number of nitrogens with one attached hydrogen (secondary N) is 2. The molecule has 1 aliphatic heterocycles. The zero-order valence-corrected chi connectivity index (χ0v) is 11.4. The summed E-state index contributed by atoms with van der Waals surface area (Å²) >= 11 is 3.56. The Morgan fingerprint density at radius 2 is 2.22 bits per heavy atom. The zero-order valence-electron chi connectivity index (χ0n) is 9.79. The SMILES string of the molecule is CNCc1[nH]nc(-c2ccc3c(c2)OCO3)c1Br. The molecule has 1 aromatic carbocycles. The summed E-state index contributed by atoms with van der Waals surface area (Å²) in [5, 5.41) is 10.4. The van der Waals surface area contributed by atoms with Crippen LogP contribution >= 0.6 is 15.9 Å². The molecule has 0 saturated carbocycles. The third-order valence-corrected chi connectivity index (χ3v) is 3.63. The molecule has 94 valence electrons. The zero-order chi connectivity index (χ0) is 12.5. The van der Waals surface area contributed by atoms with E-state index < -0.39 is 0 Å². The molecule has 0 aliphatic carbocycles. The number of rotatable bonds is 3. The average molecular weight is 310 g/mol. The first kappa shape index (κ1) is 11.6. The molecule has 0 unspecified atom stereocenters. The van der Waals surface area contributed by atoms with Crippen molar-refractivity contribution in [1.29, 1.82) is 0 Å². The van der Waals surface area contributed by atoms with Gasteiger partial charge in [-0.15, -0.1) is 0 Å². The van der Waals surface area contributed by atoms with Gasteiger partial charge in [-0.1, -0.05) is 0 Å². The normalized spacial score (nSPS) is 13.0. The lowest BCUT2D eigenvalue weighted by molar-refractivity contribution is 0.174. The fourth-order valence-electron chi connectivity index (χ4n) is 1.89. The molecule has 1 aromatic heterocycles. The summed E-state index contributed by atoms with van der Waals surface area (Å²) in [6.07, 6.45) is 0. The molecule has 6 heteroatoms. The van der Waals surface area contributed by atoms with Crippen molar-refractivity contribution in [3.63, 3.8) is 0 Å². The van der Waals surface area contributed by atoms with Crippen LogP contribution in [0.5, 0.6) is 11.5 Å². The van der Waals surface area contributed by atoms with Crippen molar-refractivity contribution in [1.82, 2.24) is 15.5 Å². The number of hydrogen-bond acceptors (Lipinski definition) is 4. The lowest BCUT2D eigenvalue weighted by Gasteiger charge is -2.01. The van der Waals surface area contributed by atoms with Gasteiger partial charge in [0, 0.05) is 12.1 Å². The Labute approximate surface area is 113 Å². The molecule has 2 N–H and O–H groups in total. The van der Waals surface area contributed by atoms with E-state index in [9.17, 15) is 0 Å². The van der Waals surface area contributed by atoms with Crippen LogP contribution in [-0.4, -0.2) is 24.0 Å². The van der Waals surface area contributed by atoms with Gasteiger partial charge in [-0.3, -0.25) is 5.10 Å². The Balaban J connectivity index is 1.99. The van der Waals surface area contributed by atoms with E-state index in [2.05, 4.69) is 31.4 Å². The summed E-state index contributed by atoms with van der Waals surface area (Å²) in [6.45, 7) is 1.02. The van der Waals surface area contributed by atoms with Gasteiger partial charge in [-0.05, 0) is 41.2 Å². The van der Waals surface area contributed by atoms with Gasteiger partial charge >= 0.3 is 0 Å². The first-order chi connectivity index (χ1) is 8.79. The fraction of sp³-hybridized carbons (Fsp3) is 0.250. The highest BCUT2D eigenvalue weighted by atomic mass is 79.9. The minimum absolute atomic E-state index is 0.283. The van der Waals surface area contributed by atoms with Crippen LogP contribution in [0.3, 0.4) is 0 Å². The summed E-state index contributed by atoms with van der Waals surface area (Å²) < 4.78 is 11.6. The van der Waals surface area contributed by atoms with Crippen molar-refractivity contribution >= 4 is 15.9 Å². The summed E-state index contributed by atoms with van der Waals surface area (Å²) in [6, 6.07) is 5.81. The topological polar surface area (TPSA) is 59.2 Å². The van der Waals surface area contributed by atoms with Gasteiger partial charge in [0.2, 0.25) is 6.79 Å². The number of hydrogen-bond donors (Lipinski definition) is 2. The van der Waals surface area contributed by atoms with Gasteiger partial charge in [0.25, 0.3) is 0 Å². The molecule has 1 aliphatic rings. The molecule has 18 heavy (non-hydrogen) atoms. The van der Waals surface area contributed by atoms with Gasteiger partial charge in [0.15, 0.2) is 11.5 Å². The number of halogens is 1. The number of nitrogens with zero attached hydrogens (tertiary/aromatic N) is 1.